The van der Waals surface area contributed by atoms with Crippen LogP contribution in [0.4, 0.5) is 5.69 Å². The van der Waals surface area contributed by atoms with Crippen LogP contribution in [0.2, 0.25) is 0 Å². The van der Waals surface area contributed by atoms with Crippen LogP contribution >= 0.6 is 24.8 Å². The summed E-state index contributed by atoms with van der Waals surface area (Å²) in [5, 5.41) is 10.1. The molecule has 14 heteroatoms. The van der Waals surface area contributed by atoms with Crippen LogP contribution in [0, 0.1) is 0 Å². The Kier molecular flexibility index (Phi) is 12.5. The van der Waals surface area contributed by atoms with Crippen molar-refractivity contribution in [2.75, 3.05) is 41.3 Å². The fourth-order valence-electron chi connectivity index (χ4n) is 5.20. The average Bonchev–Trinajstić information content (AvgIpc) is 3.09. The number of nitrogen functional groups attached to an aromatic ring is 1. The molecule has 48 heavy (non-hydrogen) atoms. The van der Waals surface area contributed by atoms with E-state index in [0.29, 0.717) is 62.3 Å². The highest BCUT2D eigenvalue weighted by Gasteiger charge is 2.28. The van der Waals surface area contributed by atoms with Crippen LogP contribution in [-0.2, 0) is 18.0 Å². The fraction of sp³-hybridized carbons (Fsp3) is 0.206. The van der Waals surface area contributed by atoms with Crippen molar-refractivity contribution in [2.45, 2.75) is 13.2 Å². The van der Waals surface area contributed by atoms with Crippen LogP contribution in [-0.4, -0.2) is 56.2 Å². The molecule has 12 nitrogen and oxygen atoms in total. The van der Waals surface area contributed by atoms with Crippen molar-refractivity contribution in [3.8, 4) is 45.6 Å². The van der Waals surface area contributed by atoms with Crippen molar-refractivity contribution >= 4 is 47.2 Å². The first-order chi connectivity index (χ1) is 22.3. The molecule has 5 aromatic rings. The third-order valence-corrected chi connectivity index (χ3v) is 7.35. The number of hydrogen-bond donors (Lipinski definition) is 2. The minimum atomic E-state index is -0.770. The molecular formula is C34H35Cl2N3O9. The molecule has 3 aromatic carbocycles. The number of nitrogens with zero attached hydrogens (tertiary/aromatic N) is 2. The van der Waals surface area contributed by atoms with Gasteiger partial charge >= 0.3 is 5.97 Å². The second kappa shape index (κ2) is 16.1. The predicted molar refractivity (Wildman–Crippen MR) is 186 cm³/mol. The Labute approximate surface area is 288 Å². The topological polar surface area (TPSA) is 154 Å². The Morgan fingerprint density at radius 1 is 0.792 bits per heavy atom. The number of aliphatic hydroxyl groups is 1. The van der Waals surface area contributed by atoms with Crippen LogP contribution in [0.1, 0.15) is 21.9 Å². The molecule has 2 aromatic heterocycles. The Hall–Kier alpha value is -5.17. The Bertz CT molecular complexity index is 1960. The van der Waals surface area contributed by atoms with Gasteiger partial charge in [0.1, 0.15) is 12.3 Å². The van der Waals surface area contributed by atoms with Crippen LogP contribution in [0.25, 0.3) is 27.6 Å². The molecule has 0 spiro atoms. The van der Waals surface area contributed by atoms with Gasteiger partial charge in [-0.3, -0.25) is 14.3 Å². The van der Waals surface area contributed by atoms with Crippen molar-refractivity contribution in [2.24, 2.45) is 0 Å². The van der Waals surface area contributed by atoms with Gasteiger partial charge in [0.25, 0.3) is 5.56 Å². The molecule has 0 aliphatic rings. The average molecular weight is 701 g/mol. The molecule has 0 unspecified atom stereocenters. The molecule has 0 aliphatic heterocycles. The number of ether oxygens (including phenoxy) is 6. The molecule has 0 amide bonds. The highest BCUT2D eigenvalue weighted by molar-refractivity contribution is 6.08. The number of hydrogen-bond acceptors (Lipinski definition) is 11. The number of benzene rings is 3. The summed E-state index contributed by atoms with van der Waals surface area (Å²) in [6, 6.07) is 18.3. The largest absolute Gasteiger partial charge is 0.493 e. The van der Waals surface area contributed by atoms with Gasteiger partial charge in [0, 0.05) is 22.3 Å². The number of aromatic nitrogens is 2. The first kappa shape index (κ1) is 37.3. The number of carbonyl (C=O) groups excluding carboxylic acids is 1. The lowest BCUT2D eigenvalue weighted by atomic mass is 9.95. The number of aliphatic hydroxyl groups excluding tert-OH is 1. The molecule has 0 aliphatic carbocycles. The van der Waals surface area contributed by atoms with Crippen LogP contribution in [0.3, 0.4) is 0 Å². The number of carbonyl (C=O) groups is 1. The van der Waals surface area contributed by atoms with Gasteiger partial charge in [0.2, 0.25) is 5.75 Å². The van der Waals surface area contributed by atoms with Crippen LogP contribution in [0.5, 0.6) is 28.7 Å². The van der Waals surface area contributed by atoms with Gasteiger partial charge in [-0.1, -0.05) is 6.07 Å². The summed E-state index contributed by atoms with van der Waals surface area (Å²) < 4.78 is 35.1. The van der Waals surface area contributed by atoms with Gasteiger partial charge in [-0.25, -0.2) is 4.79 Å². The van der Waals surface area contributed by atoms with Crippen molar-refractivity contribution in [3.05, 3.63) is 94.2 Å². The van der Waals surface area contributed by atoms with Gasteiger partial charge in [0.05, 0.1) is 58.9 Å². The van der Waals surface area contributed by atoms with Crippen molar-refractivity contribution in [1.82, 2.24) is 9.55 Å². The maximum atomic E-state index is 14.4. The molecule has 0 saturated carbocycles. The molecule has 254 valence electrons. The zero-order chi connectivity index (χ0) is 33.0. The molecule has 0 saturated heterocycles. The third kappa shape index (κ3) is 7.05. The van der Waals surface area contributed by atoms with Crippen molar-refractivity contribution in [3.63, 3.8) is 0 Å². The van der Waals surface area contributed by atoms with E-state index in [2.05, 4.69) is 4.98 Å². The zero-order valence-corrected chi connectivity index (χ0v) is 28.4. The smallest absolute Gasteiger partial charge is 0.355 e. The monoisotopic (exact) mass is 699 g/mol. The fourth-order valence-corrected chi connectivity index (χ4v) is 5.20. The normalized spacial score (nSPS) is 10.4. The van der Waals surface area contributed by atoms with Crippen LogP contribution in [0.15, 0.2) is 71.5 Å². The Morgan fingerprint density at radius 2 is 1.40 bits per heavy atom. The third-order valence-electron chi connectivity index (χ3n) is 7.35. The second-order valence-electron chi connectivity index (χ2n) is 9.98. The van der Waals surface area contributed by atoms with E-state index >= 15 is 0 Å². The standard InChI is InChI=1S/C34H33N3O9.2ClH/c1-41-26-15-24-25(16-27(26)46-18-22-8-6-7-21(17-38)36-22)33(39)37(23-11-9-20(35)10-12-23)31(34(40)45-5)30(24)19-13-28(42-2)32(44-4)29(14-19)43-3;;/h6-16,38H,17-18,35H2,1-5H3;2*1H. The van der Waals surface area contributed by atoms with Crippen molar-refractivity contribution in [1.29, 1.82) is 0 Å². The number of nitrogens with two attached hydrogens (primary N) is 1. The minimum absolute atomic E-state index is 0. The van der Waals surface area contributed by atoms with E-state index < -0.39 is 11.5 Å². The SMILES string of the molecule is COC(=O)c1c(-c2cc(OC)c(OC)c(OC)c2)c2cc(OC)c(OCc3cccc(CO)n3)cc2c(=O)n1-c1ccc(N)cc1.Cl.Cl. The molecular weight excluding hydrogens is 665 g/mol. The van der Waals surface area contributed by atoms with Gasteiger partial charge in [0.15, 0.2) is 23.0 Å². The van der Waals surface area contributed by atoms with Gasteiger partial charge < -0.3 is 39.3 Å². The number of rotatable bonds is 11. The van der Waals surface area contributed by atoms with Gasteiger partial charge in [-0.15, -0.1) is 24.8 Å². The summed E-state index contributed by atoms with van der Waals surface area (Å²) in [6.45, 7) is -0.189. The summed E-state index contributed by atoms with van der Waals surface area (Å²) in [5.41, 5.74) is 8.07. The summed E-state index contributed by atoms with van der Waals surface area (Å²) in [4.78, 5) is 32.4. The lowest BCUT2D eigenvalue weighted by Gasteiger charge is -2.21. The number of fused-ring (bicyclic) bond motifs is 1. The zero-order valence-electron chi connectivity index (χ0n) is 26.8. The first-order valence-corrected chi connectivity index (χ1v) is 14.0. The van der Waals surface area contributed by atoms with E-state index in [1.54, 1.807) is 66.7 Å². The Balaban J connectivity index is 0.00000312. The molecule has 3 N–H and O–H groups in total. The lowest BCUT2D eigenvalue weighted by Crippen LogP contribution is -2.27. The maximum Gasteiger partial charge on any atom is 0.355 e. The molecule has 2 heterocycles. The van der Waals surface area contributed by atoms with E-state index in [1.165, 1.54) is 40.1 Å². The molecule has 0 fully saturated rings. The van der Waals surface area contributed by atoms with E-state index in [-0.39, 0.29) is 54.9 Å². The predicted octanol–water partition coefficient (Wildman–Crippen LogP) is 5.37. The van der Waals surface area contributed by atoms with Crippen molar-refractivity contribution < 1.29 is 38.3 Å². The minimum Gasteiger partial charge on any atom is -0.493 e. The summed E-state index contributed by atoms with van der Waals surface area (Å²) >= 11 is 0. The Morgan fingerprint density at radius 3 is 1.96 bits per heavy atom. The number of pyridine rings is 2. The van der Waals surface area contributed by atoms with E-state index in [9.17, 15) is 14.7 Å². The van der Waals surface area contributed by atoms with Gasteiger partial charge in [-0.2, -0.15) is 0 Å². The number of esters is 1. The van der Waals surface area contributed by atoms with Crippen LogP contribution < -0.4 is 35.0 Å². The highest BCUT2D eigenvalue weighted by Crippen LogP contribution is 2.45. The highest BCUT2D eigenvalue weighted by atomic mass is 35.5. The number of halogens is 2. The first-order valence-electron chi connectivity index (χ1n) is 14.0. The number of anilines is 1. The summed E-state index contributed by atoms with van der Waals surface area (Å²) in [5.74, 6) is 0.783. The van der Waals surface area contributed by atoms with E-state index in [1.807, 2.05) is 0 Å². The summed E-state index contributed by atoms with van der Waals surface area (Å²) in [6.07, 6.45) is 0. The number of methoxy groups -OCH3 is 5. The summed E-state index contributed by atoms with van der Waals surface area (Å²) in [7, 11) is 7.15. The molecule has 0 atom stereocenters. The van der Waals surface area contributed by atoms with E-state index in [0.717, 1.165) is 0 Å². The quantitative estimate of drug-likeness (QED) is 0.135. The maximum absolute atomic E-state index is 14.4. The van der Waals surface area contributed by atoms with Gasteiger partial charge in [-0.05, 0) is 66.2 Å². The molecule has 5 rings (SSSR count). The second-order valence-corrected chi connectivity index (χ2v) is 9.98. The molecule has 0 bridgehead atoms. The molecule has 0 radical (unpaired) electrons. The van der Waals surface area contributed by atoms with E-state index in [4.69, 9.17) is 34.2 Å². The lowest BCUT2D eigenvalue weighted by molar-refractivity contribution is 0.0591.